The highest BCUT2D eigenvalue weighted by atomic mass is 16.5. The van der Waals surface area contributed by atoms with Crippen molar-refractivity contribution in [1.29, 1.82) is 0 Å². The van der Waals surface area contributed by atoms with Crippen molar-refractivity contribution in [3.05, 3.63) is 54.1 Å². The summed E-state index contributed by atoms with van der Waals surface area (Å²) >= 11 is 0. The minimum atomic E-state index is -0.189. The molecule has 6 heteroatoms. The van der Waals surface area contributed by atoms with Gasteiger partial charge in [0.25, 0.3) is 5.91 Å². The Bertz CT molecular complexity index is 901. The summed E-state index contributed by atoms with van der Waals surface area (Å²) in [5.41, 5.74) is 3.12. The van der Waals surface area contributed by atoms with Crippen LogP contribution in [-0.2, 0) is 9.59 Å². The van der Waals surface area contributed by atoms with E-state index in [2.05, 4.69) is 50.0 Å². The van der Waals surface area contributed by atoms with E-state index in [9.17, 15) is 9.59 Å². The zero-order chi connectivity index (χ0) is 23.8. The lowest BCUT2D eigenvalue weighted by Gasteiger charge is -2.36. The normalized spacial score (nSPS) is 14.8. The quantitative estimate of drug-likeness (QED) is 0.588. The Labute approximate surface area is 197 Å². The molecule has 1 fully saturated rings. The monoisotopic (exact) mass is 451 g/mol. The third-order valence-corrected chi connectivity index (χ3v) is 6.16. The molecule has 1 aliphatic heterocycles. The molecule has 1 N–H and O–H groups in total. The first-order chi connectivity index (χ1) is 15.9. The van der Waals surface area contributed by atoms with Gasteiger partial charge in [0.05, 0.1) is 0 Å². The van der Waals surface area contributed by atoms with Crippen molar-refractivity contribution in [1.82, 2.24) is 4.90 Å². The third kappa shape index (κ3) is 7.24. The number of nitrogens with zero attached hydrogens (tertiary/aromatic N) is 2. The van der Waals surface area contributed by atoms with Gasteiger partial charge in [-0.15, -0.1) is 0 Å². The molecule has 178 valence electrons. The van der Waals surface area contributed by atoms with Crippen molar-refractivity contribution in [3.63, 3.8) is 0 Å². The van der Waals surface area contributed by atoms with Gasteiger partial charge in [0.1, 0.15) is 5.75 Å². The van der Waals surface area contributed by atoms with Crippen LogP contribution >= 0.6 is 0 Å². The van der Waals surface area contributed by atoms with Crippen LogP contribution < -0.4 is 15.0 Å². The molecule has 2 aromatic rings. The lowest BCUT2D eigenvalue weighted by molar-refractivity contribution is -0.132. The Hall–Kier alpha value is -3.02. The maximum atomic E-state index is 12.3. The van der Waals surface area contributed by atoms with Gasteiger partial charge in [-0.2, -0.15) is 0 Å². The number of ether oxygens (including phenoxy) is 1. The van der Waals surface area contributed by atoms with Crippen molar-refractivity contribution < 1.29 is 14.3 Å². The van der Waals surface area contributed by atoms with Gasteiger partial charge in [-0.1, -0.05) is 39.8 Å². The van der Waals surface area contributed by atoms with Crippen LogP contribution in [-0.4, -0.2) is 49.5 Å². The van der Waals surface area contributed by atoms with E-state index in [4.69, 9.17) is 4.74 Å². The van der Waals surface area contributed by atoms with Crippen molar-refractivity contribution in [2.45, 2.75) is 46.5 Å². The van der Waals surface area contributed by atoms with Gasteiger partial charge in [0, 0.05) is 44.0 Å². The Kier molecular flexibility index (Phi) is 8.75. The standard InChI is InChI=1S/C27H37N3O3/c1-5-21(4)22-6-12-25(13-7-22)33-19-26(31)28-23-8-10-24(11-9-23)29-14-16-30(17-15-29)27(32)18-20(2)3/h6-13,20-21H,5,14-19H2,1-4H3,(H,28,31). The number of hydrogen-bond acceptors (Lipinski definition) is 4. The molecular formula is C27H37N3O3. The minimum Gasteiger partial charge on any atom is -0.484 e. The molecule has 1 heterocycles. The Morgan fingerprint density at radius 2 is 1.58 bits per heavy atom. The molecule has 3 rings (SSSR count). The van der Waals surface area contributed by atoms with Gasteiger partial charge in [-0.3, -0.25) is 9.59 Å². The number of piperazine rings is 1. The van der Waals surface area contributed by atoms with E-state index in [0.29, 0.717) is 24.0 Å². The molecule has 1 saturated heterocycles. The molecule has 0 aromatic heterocycles. The zero-order valence-corrected chi connectivity index (χ0v) is 20.3. The van der Waals surface area contributed by atoms with Crippen molar-refractivity contribution in [2.24, 2.45) is 5.92 Å². The molecule has 2 amide bonds. The van der Waals surface area contributed by atoms with Crippen LogP contribution in [0.15, 0.2) is 48.5 Å². The molecule has 0 bridgehead atoms. The highest BCUT2D eigenvalue weighted by Gasteiger charge is 2.21. The summed E-state index contributed by atoms with van der Waals surface area (Å²) in [6, 6.07) is 15.8. The summed E-state index contributed by atoms with van der Waals surface area (Å²) in [6.07, 6.45) is 1.71. The maximum absolute atomic E-state index is 12.3. The lowest BCUT2D eigenvalue weighted by Crippen LogP contribution is -2.49. The number of anilines is 2. The SMILES string of the molecule is CCC(C)c1ccc(OCC(=O)Nc2ccc(N3CCN(C(=O)CC(C)C)CC3)cc2)cc1. The number of hydrogen-bond donors (Lipinski definition) is 1. The molecule has 1 unspecified atom stereocenters. The number of nitrogens with one attached hydrogen (secondary N) is 1. The molecule has 1 aliphatic rings. The van der Waals surface area contributed by atoms with Crippen molar-refractivity contribution in [3.8, 4) is 5.75 Å². The van der Waals surface area contributed by atoms with Gasteiger partial charge >= 0.3 is 0 Å². The second kappa shape index (κ2) is 11.7. The molecule has 0 spiro atoms. The van der Waals surface area contributed by atoms with Crippen molar-refractivity contribution in [2.75, 3.05) is 43.0 Å². The van der Waals surface area contributed by atoms with Crippen LogP contribution in [0.3, 0.4) is 0 Å². The van der Waals surface area contributed by atoms with E-state index in [1.807, 2.05) is 41.3 Å². The minimum absolute atomic E-state index is 0.0310. The van der Waals surface area contributed by atoms with E-state index in [0.717, 1.165) is 44.0 Å². The number of carbonyl (C=O) groups is 2. The molecule has 2 aromatic carbocycles. The molecule has 0 saturated carbocycles. The summed E-state index contributed by atoms with van der Waals surface area (Å²) in [6.45, 7) is 11.6. The van der Waals surface area contributed by atoms with E-state index < -0.39 is 0 Å². The lowest BCUT2D eigenvalue weighted by atomic mass is 9.99. The highest BCUT2D eigenvalue weighted by Crippen LogP contribution is 2.22. The van der Waals surface area contributed by atoms with Crippen LogP contribution in [0.4, 0.5) is 11.4 Å². The Morgan fingerprint density at radius 1 is 0.939 bits per heavy atom. The first-order valence-electron chi connectivity index (χ1n) is 12.0. The molecule has 0 aliphatic carbocycles. The largest absolute Gasteiger partial charge is 0.484 e. The van der Waals surface area contributed by atoms with Gasteiger partial charge < -0.3 is 19.9 Å². The number of carbonyl (C=O) groups excluding carboxylic acids is 2. The topological polar surface area (TPSA) is 61.9 Å². The fourth-order valence-corrected chi connectivity index (χ4v) is 3.92. The molecule has 6 nitrogen and oxygen atoms in total. The number of rotatable bonds is 9. The first-order valence-corrected chi connectivity index (χ1v) is 12.0. The van der Waals surface area contributed by atoms with E-state index in [-0.39, 0.29) is 18.4 Å². The average molecular weight is 452 g/mol. The second-order valence-corrected chi connectivity index (χ2v) is 9.23. The Balaban J connectivity index is 1.44. The first kappa shape index (κ1) is 24.6. The van der Waals surface area contributed by atoms with Crippen LogP contribution in [0.2, 0.25) is 0 Å². The third-order valence-electron chi connectivity index (χ3n) is 6.16. The van der Waals surface area contributed by atoms with Crippen LogP contribution in [0.25, 0.3) is 0 Å². The van der Waals surface area contributed by atoms with Crippen LogP contribution in [0.5, 0.6) is 5.75 Å². The van der Waals surface area contributed by atoms with Crippen LogP contribution in [0, 0.1) is 5.92 Å². The highest BCUT2D eigenvalue weighted by molar-refractivity contribution is 5.92. The summed E-state index contributed by atoms with van der Waals surface area (Å²) in [4.78, 5) is 28.8. The number of amides is 2. The van der Waals surface area contributed by atoms with E-state index >= 15 is 0 Å². The van der Waals surface area contributed by atoms with Gasteiger partial charge in [0.2, 0.25) is 5.91 Å². The van der Waals surface area contributed by atoms with E-state index in [1.54, 1.807) is 0 Å². The predicted molar refractivity (Wildman–Crippen MR) is 134 cm³/mol. The van der Waals surface area contributed by atoms with Crippen LogP contribution in [0.1, 0.15) is 52.0 Å². The molecule has 33 heavy (non-hydrogen) atoms. The zero-order valence-electron chi connectivity index (χ0n) is 20.3. The molecular weight excluding hydrogens is 414 g/mol. The predicted octanol–water partition coefficient (Wildman–Crippen LogP) is 4.91. The summed E-state index contributed by atoms with van der Waals surface area (Å²) in [7, 11) is 0. The van der Waals surface area contributed by atoms with E-state index in [1.165, 1.54) is 5.56 Å². The maximum Gasteiger partial charge on any atom is 0.262 e. The number of benzene rings is 2. The summed E-state index contributed by atoms with van der Waals surface area (Å²) < 4.78 is 5.63. The van der Waals surface area contributed by atoms with Gasteiger partial charge in [0.15, 0.2) is 6.61 Å². The van der Waals surface area contributed by atoms with Gasteiger partial charge in [-0.05, 0) is 60.2 Å². The fourth-order valence-electron chi connectivity index (χ4n) is 3.92. The molecule has 1 atom stereocenters. The Morgan fingerprint density at radius 3 is 2.15 bits per heavy atom. The summed E-state index contributed by atoms with van der Waals surface area (Å²) in [5.74, 6) is 1.65. The molecule has 0 radical (unpaired) electrons. The van der Waals surface area contributed by atoms with Crippen molar-refractivity contribution >= 4 is 23.2 Å². The fraction of sp³-hybridized carbons (Fsp3) is 0.481. The smallest absolute Gasteiger partial charge is 0.262 e. The second-order valence-electron chi connectivity index (χ2n) is 9.23. The average Bonchev–Trinajstić information content (AvgIpc) is 2.83. The van der Waals surface area contributed by atoms with Gasteiger partial charge in [-0.25, -0.2) is 0 Å². The summed E-state index contributed by atoms with van der Waals surface area (Å²) in [5, 5.41) is 2.89.